The van der Waals surface area contributed by atoms with Crippen molar-refractivity contribution in [2.24, 2.45) is 0 Å². The molecule has 0 bridgehead atoms. The summed E-state index contributed by atoms with van der Waals surface area (Å²) in [6.45, 7) is 1.24. The summed E-state index contributed by atoms with van der Waals surface area (Å²) in [6, 6.07) is 17.4. The lowest BCUT2D eigenvalue weighted by molar-refractivity contribution is 0.0954. The lowest BCUT2D eigenvalue weighted by Gasteiger charge is -2.08. The van der Waals surface area contributed by atoms with Gasteiger partial charge in [-0.25, -0.2) is 0 Å². The van der Waals surface area contributed by atoms with Gasteiger partial charge < -0.3 is 10.1 Å². The van der Waals surface area contributed by atoms with Crippen molar-refractivity contribution in [1.29, 1.82) is 0 Å². The Labute approximate surface area is 147 Å². The lowest BCUT2D eigenvalue weighted by atomic mass is 10.1. The van der Waals surface area contributed by atoms with E-state index in [0.717, 1.165) is 23.3 Å². The van der Waals surface area contributed by atoms with Crippen molar-refractivity contribution >= 4 is 5.91 Å². The van der Waals surface area contributed by atoms with Gasteiger partial charge in [0.15, 0.2) is 0 Å². The number of amides is 1. The van der Waals surface area contributed by atoms with Crippen LogP contribution in [-0.4, -0.2) is 29.3 Å². The molecule has 3 aromatic rings. The van der Waals surface area contributed by atoms with E-state index in [1.165, 1.54) is 0 Å². The Kier molecular flexibility index (Phi) is 5.46. The molecule has 0 spiro atoms. The topological polar surface area (TPSA) is 56.1 Å². The summed E-state index contributed by atoms with van der Waals surface area (Å²) in [5, 5.41) is 7.16. The molecular weight excluding hydrogens is 314 g/mol. The van der Waals surface area contributed by atoms with Crippen LogP contribution in [0.25, 0.3) is 0 Å². The second-order valence-electron chi connectivity index (χ2n) is 5.76. The van der Waals surface area contributed by atoms with Crippen LogP contribution in [0.15, 0.2) is 67.0 Å². The number of benzene rings is 2. The third-order valence-corrected chi connectivity index (χ3v) is 3.95. The van der Waals surface area contributed by atoms with E-state index in [1.54, 1.807) is 13.3 Å². The summed E-state index contributed by atoms with van der Waals surface area (Å²) in [5.41, 5.74) is 2.87. The Morgan fingerprint density at radius 2 is 1.96 bits per heavy atom. The summed E-state index contributed by atoms with van der Waals surface area (Å²) in [5.74, 6) is 0.776. The molecule has 1 aromatic heterocycles. The van der Waals surface area contributed by atoms with Crippen molar-refractivity contribution in [3.63, 3.8) is 0 Å². The number of nitrogens with zero attached hydrogens (tertiary/aromatic N) is 2. The van der Waals surface area contributed by atoms with Crippen LogP contribution >= 0.6 is 0 Å². The zero-order chi connectivity index (χ0) is 17.5. The second-order valence-corrected chi connectivity index (χ2v) is 5.76. The lowest BCUT2D eigenvalue weighted by Crippen LogP contribution is -2.25. The Morgan fingerprint density at radius 3 is 2.68 bits per heavy atom. The Bertz CT molecular complexity index is 811. The molecule has 0 aliphatic heterocycles. The highest BCUT2D eigenvalue weighted by molar-refractivity contribution is 5.94. The van der Waals surface area contributed by atoms with Gasteiger partial charge in [-0.1, -0.05) is 24.3 Å². The number of methoxy groups -OCH3 is 1. The summed E-state index contributed by atoms with van der Waals surface area (Å²) >= 11 is 0. The smallest absolute Gasteiger partial charge is 0.251 e. The second kappa shape index (κ2) is 8.15. The molecule has 0 aliphatic rings. The van der Waals surface area contributed by atoms with E-state index in [0.29, 0.717) is 18.7 Å². The quantitative estimate of drug-likeness (QED) is 0.722. The van der Waals surface area contributed by atoms with Gasteiger partial charge in [0.2, 0.25) is 0 Å². The molecule has 0 aliphatic carbocycles. The number of ether oxygens (including phenoxy) is 1. The normalized spacial score (nSPS) is 10.4. The Balaban J connectivity index is 1.53. The standard InChI is InChI=1S/C20H21N3O2/c1-25-19-8-6-16(7-9-19)10-12-21-20(24)18-5-2-4-17(14-18)15-23-13-3-11-22-23/h2-9,11,13-14H,10,12,15H2,1H3,(H,21,24). The van der Waals surface area contributed by atoms with Gasteiger partial charge in [0.25, 0.3) is 5.91 Å². The summed E-state index contributed by atoms with van der Waals surface area (Å²) in [4.78, 5) is 12.3. The molecule has 1 heterocycles. The van der Waals surface area contributed by atoms with Crippen molar-refractivity contribution in [2.75, 3.05) is 13.7 Å². The first kappa shape index (κ1) is 16.8. The molecule has 3 rings (SSSR count). The maximum Gasteiger partial charge on any atom is 0.251 e. The van der Waals surface area contributed by atoms with E-state index in [-0.39, 0.29) is 5.91 Å². The minimum atomic E-state index is -0.0594. The van der Waals surface area contributed by atoms with E-state index in [1.807, 2.05) is 65.5 Å². The number of rotatable bonds is 7. The highest BCUT2D eigenvalue weighted by Gasteiger charge is 2.06. The maximum absolute atomic E-state index is 12.3. The molecule has 0 saturated carbocycles. The average Bonchev–Trinajstić information content (AvgIpc) is 3.15. The SMILES string of the molecule is COc1ccc(CCNC(=O)c2cccc(Cn3cccn3)c2)cc1. The molecule has 0 atom stereocenters. The number of aromatic nitrogens is 2. The number of hydrogen-bond acceptors (Lipinski definition) is 3. The molecule has 0 saturated heterocycles. The predicted molar refractivity (Wildman–Crippen MR) is 96.8 cm³/mol. The van der Waals surface area contributed by atoms with E-state index >= 15 is 0 Å². The van der Waals surface area contributed by atoms with Crippen LogP contribution in [0.5, 0.6) is 5.75 Å². The monoisotopic (exact) mass is 335 g/mol. The van der Waals surface area contributed by atoms with Crippen molar-refractivity contribution in [3.05, 3.63) is 83.7 Å². The van der Waals surface area contributed by atoms with Gasteiger partial charge in [0.05, 0.1) is 13.7 Å². The number of hydrogen-bond donors (Lipinski definition) is 1. The number of carbonyl (C=O) groups is 1. The predicted octanol–water partition coefficient (Wildman–Crippen LogP) is 2.91. The molecule has 1 N–H and O–H groups in total. The first-order chi connectivity index (χ1) is 12.2. The van der Waals surface area contributed by atoms with Crippen LogP contribution in [0.2, 0.25) is 0 Å². The van der Waals surface area contributed by atoms with Crippen LogP contribution in [0.4, 0.5) is 0 Å². The summed E-state index contributed by atoms with van der Waals surface area (Å²) in [6.07, 6.45) is 4.43. The molecule has 2 aromatic carbocycles. The van der Waals surface area contributed by atoms with E-state index < -0.39 is 0 Å². The summed E-state index contributed by atoms with van der Waals surface area (Å²) in [7, 11) is 1.65. The van der Waals surface area contributed by atoms with E-state index in [9.17, 15) is 4.79 Å². The zero-order valence-corrected chi connectivity index (χ0v) is 14.2. The van der Waals surface area contributed by atoms with Gasteiger partial charge in [0, 0.05) is 24.5 Å². The molecule has 25 heavy (non-hydrogen) atoms. The van der Waals surface area contributed by atoms with Gasteiger partial charge in [-0.15, -0.1) is 0 Å². The average molecular weight is 335 g/mol. The van der Waals surface area contributed by atoms with Crippen molar-refractivity contribution in [1.82, 2.24) is 15.1 Å². The first-order valence-corrected chi connectivity index (χ1v) is 8.22. The summed E-state index contributed by atoms with van der Waals surface area (Å²) < 4.78 is 6.98. The largest absolute Gasteiger partial charge is 0.497 e. The molecular formula is C20H21N3O2. The molecule has 5 heteroatoms. The number of carbonyl (C=O) groups excluding carboxylic acids is 1. The Hall–Kier alpha value is -3.08. The van der Waals surface area contributed by atoms with Crippen LogP contribution in [0, 0.1) is 0 Å². The molecule has 0 radical (unpaired) electrons. The third kappa shape index (κ3) is 4.70. The fourth-order valence-corrected chi connectivity index (χ4v) is 2.61. The van der Waals surface area contributed by atoms with Crippen molar-refractivity contribution < 1.29 is 9.53 Å². The van der Waals surface area contributed by atoms with Crippen molar-refractivity contribution in [2.45, 2.75) is 13.0 Å². The third-order valence-electron chi connectivity index (χ3n) is 3.95. The van der Waals surface area contributed by atoms with Crippen LogP contribution < -0.4 is 10.1 Å². The Morgan fingerprint density at radius 1 is 1.12 bits per heavy atom. The van der Waals surface area contributed by atoms with Gasteiger partial charge in [-0.2, -0.15) is 5.10 Å². The van der Waals surface area contributed by atoms with Gasteiger partial charge in [0.1, 0.15) is 5.75 Å². The zero-order valence-electron chi connectivity index (χ0n) is 14.2. The highest BCUT2D eigenvalue weighted by atomic mass is 16.5. The molecule has 0 unspecified atom stereocenters. The fraction of sp³-hybridized carbons (Fsp3) is 0.200. The van der Waals surface area contributed by atoms with Crippen LogP contribution in [0.1, 0.15) is 21.5 Å². The van der Waals surface area contributed by atoms with Gasteiger partial charge in [-0.3, -0.25) is 9.48 Å². The van der Waals surface area contributed by atoms with Crippen LogP contribution in [-0.2, 0) is 13.0 Å². The van der Waals surface area contributed by atoms with E-state index in [2.05, 4.69) is 10.4 Å². The molecule has 5 nitrogen and oxygen atoms in total. The van der Waals surface area contributed by atoms with Crippen LogP contribution in [0.3, 0.4) is 0 Å². The van der Waals surface area contributed by atoms with Gasteiger partial charge in [-0.05, 0) is 47.9 Å². The van der Waals surface area contributed by atoms with E-state index in [4.69, 9.17) is 4.74 Å². The number of nitrogens with one attached hydrogen (secondary N) is 1. The van der Waals surface area contributed by atoms with Gasteiger partial charge >= 0.3 is 0 Å². The minimum absolute atomic E-state index is 0.0594. The highest BCUT2D eigenvalue weighted by Crippen LogP contribution is 2.11. The van der Waals surface area contributed by atoms with Crippen molar-refractivity contribution in [3.8, 4) is 5.75 Å². The maximum atomic E-state index is 12.3. The molecule has 1 amide bonds. The minimum Gasteiger partial charge on any atom is -0.497 e. The molecule has 0 fully saturated rings. The first-order valence-electron chi connectivity index (χ1n) is 8.22. The fourth-order valence-electron chi connectivity index (χ4n) is 2.61. The molecule has 128 valence electrons.